The molecular weight excluding hydrogens is 180 g/mol. The summed E-state index contributed by atoms with van der Waals surface area (Å²) in [7, 11) is 0. The summed E-state index contributed by atoms with van der Waals surface area (Å²) in [6.07, 6.45) is 1.86. The van der Waals surface area contributed by atoms with Crippen LogP contribution in [0.25, 0.3) is 0 Å². The molecule has 0 aliphatic heterocycles. The number of thiazole rings is 1. The maximum Gasteiger partial charge on any atom is 0.0953 e. The minimum atomic E-state index is 0. The fraction of sp³-hybridized carbons (Fsp3) is 0.571. The Hall–Kier alpha value is -0.120. The zero-order chi connectivity index (χ0) is 7.56. The third-order valence-corrected chi connectivity index (χ3v) is 2.59. The molecule has 0 atom stereocenters. The van der Waals surface area contributed by atoms with Crippen LogP contribution in [-0.2, 0) is 6.54 Å². The van der Waals surface area contributed by atoms with E-state index < -0.39 is 0 Å². The quantitative estimate of drug-likeness (QED) is 0.780. The Morgan fingerprint density at radius 3 is 2.55 bits per heavy atom. The van der Waals surface area contributed by atoms with Gasteiger partial charge in [-0.3, -0.25) is 0 Å². The standard InChI is InChI=1S/C7H12N2S.ClH/c1-5(2)7-9-4-6(3-8)10-7;/h4-5H,3,8H2,1-2H3;1H. The fourth-order valence-corrected chi connectivity index (χ4v) is 1.48. The highest BCUT2D eigenvalue weighted by Gasteiger charge is 2.03. The second-order valence-corrected chi connectivity index (χ2v) is 3.67. The fourth-order valence-electron chi connectivity index (χ4n) is 0.684. The van der Waals surface area contributed by atoms with E-state index in [1.54, 1.807) is 11.3 Å². The van der Waals surface area contributed by atoms with Crippen LogP contribution in [0, 0.1) is 0 Å². The second-order valence-electron chi connectivity index (χ2n) is 2.52. The lowest BCUT2D eigenvalue weighted by molar-refractivity contribution is 0.852. The summed E-state index contributed by atoms with van der Waals surface area (Å²) in [6.45, 7) is 4.89. The van der Waals surface area contributed by atoms with Gasteiger partial charge in [0.25, 0.3) is 0 Å². The molecule has 2 N–H and O–H groups in total. The summed E-state index contributed by atoms with van der Waals surface area (Å²) in [5.41, 5.74) is 5.43. The van der Waals surface area contributed by atoms with Gasteiger partial charge in [0, 0.05) is 23.5 Å². The molecule has 2 nitrogen and oxygen atoms in total. The zero-order valence-corrected chi connectivity index (χ0v) is 8.34. The monoisotopic (exact) mass is 192 g/mol. The van der Waals surface area contributed by atoms with Gasteiger partial charge in [-0.15, -0.1) is 23.7 Å². The minimum absolute atomic E-state index is 0. The summed E-state index contributed by atoms with van der Waals surface area (Å²) in [4.78, 5) is 5.40. The van der Waals surface area contributed by atoms with E-state index in [1.807, 2.05) is 6.20 Å². The summed E-state index contributed by atoms with van der Waals surface area (Å²) in [5.74, 6) is 0.533. The number of nitrogens with zero attached hydrogens (tertiary/aromatic N) is 1. The molecule has 0 saturated heterocycles. The molecule has 0 aromatic carbocycles. The van der Waals surface area contributed by atoms with Gasteiger partial charge in [0.05, 0.1) is 5.01 Å². The van der Waals surface area contributed by atoms with Gasteiger partial charge in [-0.25, -0.2) is 4.98 Å². The first-order valence-corrected chi connectivity index (χ1v) is 4.20. The smallest absolute Gasteiger partial charge is 0.0953 e. The van der Waals surface area contributed by atoms with Gasteiger partial charge in [-0.1, -0.05) is 13.8 Å². The lowest BCUT2D eigenvalue weighted by Crippen LogP contribution is -1.91. The van der Waals surface area contributed by atoms with Crippen LogP contribution in [0.4, 0.5) is 0 Å². The average Bonchev–Trinajstić information content (AvgIpc) is 2.34. The van der Waals surface area contributed by atoms with E-state index in [2.05, 4.69) is 18.8 Å². The highest BCUT2D eigenvalue weighted by molar-refractivity contribution is 7.11. The summed E-state index contributed by atoms with van der Waals surface area (Å²) < 4.78 is 0. The van der Waals surface area contributed by atoms with Crippen molar-refractivity contribution >= 4 is 23.7 Å². The van der Waals surface area contributed by atoms with E-state index in [1.165, 1.54) is 9.88 Å². The predicted molar refractivity (Wildman–Crippen MR) is 51.3 cm³/mol. The van der Waals surface area contributed by atoms with Crippen molar-refractivity contribution in [3.8, 4) is 0 Å². The van der Waals surface area contributed by atoms with Crippen LogP contribution in [0.3, 0.4) is 0 Å². The summed E-state index contributed by atoms with van der Waals surface area (Å²) in [6, 6.07) is 0. The van der Waals surface area contributed by atoms with Crippen LogP contribution in [0.5, 0.6) is 0 Å². The van der Waals surface area contributed by atoms with Gasteiger partial charge in [0.2, 0.25) is 0 Å². The molecule has 0 amide bonds. The average molecular weight is 193 g/mol. The Morgan fingerprint density at radius 2 is 2.27 bits per heavy atom. The van der Waals surface area contributed by atoms with E-state index in [0.717, 1.165) is 0 Å². The number of aromatic nitrogens is 1. The highest BCUT2D eigenvalue weighted by atomic mass is 35.5. The van der Waals surface area contributed by atoms with Crippen LogP contribution in [0.15, 0.2) is 6.20 Å². The largest absolute Gasteiger partial charge is 0.326 e. The SMILES string of the molecule is CC(C)c1ncc(CN)s1.Cl. The van der Waals surface area contributed by atoms with Crippen LogP contribution in [0.1, 0.15) is 29.7 Å². The maximum absolute atomic E-state index is 5.43. The maximum atomic E-state index is 5.43. The predicted octanol–water partition coefficient (Wildman–Crippen LogP) is 2.15. The van der Waals surface area contributed by atoms with Gasteiger partial charge >= 0.3 is 0 Å². The van der Waals surface area contributed by atoms with Crippen molar-refractivity contribution in [3.63, 3.8) is 0 Å². The highest BCUT2D eigenvalue weighted by Crippen LogP contribution is 2.20. The molecule has 0 saturated carbocycles. The molecule has 1 heterocycles. The first kappa shape index (κ1) is 10.9. The third kappa shape index (κ3) is 2.77. The minimum Gasteiger partial charge on any atom is -0.326 e. The van der Waals surface area contributed by atoms with Crippen LogP contribution in [-0.4, -0.2) is 4.98 Å². The van der Waals surface area contributed by atoms with Crippen molar-refractivity contribution < 1.29 is 0 Å². The lowest BCUT2D eigenvalue weighted by atomic mass is 10.2. The number of halogens is 1. The van der Waals surface area contributed by atoms with Gasteiger partial charge in [0.15, 0.2) is 0 Å². The third-order valence-electron chi connectivity index (χ3n) is 1.27. The molecule has 0 bridgehead atoms. The van der Waals surface area contributed by atoms with Crippen molar-refractivity contribution in [2.75, 3.05) is 0 Å². The molecular formula is C7H13ClN2S. The molecule has 1 rings (SSSR count). The van der Waals surface area contributed by atoms with E-state index in [9.17, 15) is 0 Å². The summed E-state index contributed by atoms with van der Waals surface area (Å²) in [5, 5.41) is 1.18. The topological polar surface area (TPSA) is 38.9 Å². The molecule has 0 aliphatic rings. The first-order chi connectivity index (χ1) is 4.74. The van der Waals surface area contributed by atoms with Crippen LogP contribution < -0.4 is 5.73 Å². The lowest BCUT2D eigenvalue weighted by Gasteiger charge is -1.94. The molecule has 4 heteroatoms. The Morgan fingerprint density at radius 1 is 1.64 bits per heavy atom. The molecule has 0 aliphatic carbocycles. The Kier molecular flexibility index (Phi) is 4.65. The van der Waals surface area contributed by atoms with Crippen molar-refractivity contribution in [2.24, 2.45) is 5.73 Å². The van der Waals surface area contributed by atoms with Crippen molar-refractivity contribution in [1.82, 2.24) is 4.98 Å². The number of hydrogen-bond acceptors (Lipinski definition) is 3. The van der Waals surface area contributed by atoms with Gasteiger partial charge < -0.3 is 5.73 Å². The van der Waals surface area contributed by atoms with E-state index in [4.69, 9.17) is 5.73 Å². The Bertz CT molecular complexity index is 210. The summed E-state index contributed by atoms with van der Waals surface area (Å²) >= 11 is 1.70. The number of rotatable bonds is 2. The molecule has 0 fully saturated rings. The van der Waals surface area contributed by atoms with E-state index >= 15 is 0 Å². The van der Waals surface area contributed by atoms with Crippen LogP contribution >= 0.6 is 23.7 Å². The zero-order valence-electron chi connectivity index (χ0n) is 6.70. The molecule has 64 valence electrons. The molecule has 1 aromatic rings. The molecule has 0 spiro atoms. The van der Waals surface area contributed by atoms with Crippen LogP contribution in [0.2, 0.25) is 0 Å². The van der Waals surface area contributed by atoms with Gasteiger partial charge in [-0.05, 0) is 0 Å². The first-order valence-electron chi connectivity index (χ1n) is 3.38. The van der Waals surface area contributed by atoms with Crippen molar-refractivity contribution in [1.29, 1.82) is 0 Å². The van der Waals surface area contributed by atoms with Crippen molar-refractivity contribution in [2.45, 2.75) is 26.3 Å². The molecule has 0 radical (unpaired) electrons. The van der Waals surface area contributed by atoms with E-state index in [-0.39, 0.29) is 12.4 Å². The van der Waals surface area contributed by atoms with Gasteiger partial charge in [0.1, 0.15) is 0 Å². The normalized spacial score (nSPS) is 9.82. The molecule has 11 heavy (non-hydrogen) atoms. The Balaban J connectivity index is 0.000001000. The molecule has 1 aromatic heterocycles. The van der Waals surface area contributed by atoms with E-state index in [0.29, 0.717) is 12.5 Å². The molecule has 0 unspecified atom stereocenters. The Labute approximate surface area is 77.2 Å². The number of hydrogen-bond donors (Lipinski definition) is 1. The van der Waals surface area contributed by atoms with Crippen molar-refractivity contribution in [3.05, 3.63) is 16.1 Å². The van der Waals surface area contributed by atoms with Gasteiger partial charge in [-0.2, -0.15) is 0 Å². The second kappa shape index (κ2) is 4.70. The number of nitrogens with two attached hydrogens (primary N) is 1.